The van der Waals surface area contributed by atoms with Crippen LogP contribution in [0.15, 0.2) is 71.2 Å². The summed E-state index contributed by atoms with van der Waals surface area (Å²) < 4.78 is 5.66. The van der Waals surface area contributed by atoms with Crippen LogP contribution in [0, 0.1) is 0 Å². The van der Waals surface area contributed by atoms with Crippen molar-refractivity contribution in [3.8, 4) is 17.1 Å². The largest absolute Gasteiger partial charge is 0.507 e. The number of benzene rings is 2. The molecular weight excluding hydrogens is 320 g/mol. The maximum absolute atomic E-state index is 11.1. The van der Waals surface area contributed by atoms with E-state index in [0.717, 1.165) is 5.56 Å². The van der Waals surface area contributed by atoms with E-state index in [4.69, 9.17) is 9.52 Å². The Morgan fingerprint density at radius 3 is 2.52 bits per heavy atom. The minimum Gasteiger partial charge on any atom is -0.507 e. The van der Waals surface area contributed by atoms with Crippen molar-refractivity contribution in [3.05, 3.63) is 83.6 Å². The molecule has 126 valence electrons. The predicted octanol–water partition coefficient (Wildman–Crippen LogP) is 4.10. The number of phenols is 1. The molecule has 1 atom stereocenters. The zero-order valence-electron chi connectivity index (χ0n) is 13.2. The molecule has 0 saturated carbocycles. The summed E-state index contributed by atoms with van der Waals surface area (Å²) in [6.07, 6.45) is 2.51. The standard InChI is InChI=1S/C20H16O5/c21-17(13-4-2-1-3-5-13)10-7-15-8-11-19(25-15)14-6-9-18(22)16(12-14)20(23)24/h1-12,17,21-22H,(H,23,24)/b10-7+. The van der Waals surface area contributed by atoms with Crippen LogP contribution in [0.25, 0.3) is 17.4 Å². The molecule has 1 heterocycles. The topological polar surface area (TPSA) is 90.9 Å². The lowest BCUT2D eigenvalue weighted by molar-refractivity contribution is 0.0694. The molecular formula is C20H16O5. The van der Waals surface area contributed by atoms with Crippen LogP contribution in [-0.4, -0.2) is 21.3 Å². The zero-order valence-corrected chi connectivity index (χ0v) is 13.2. The van der Waals surface area contributed by atoms with Gasteiger partial charge in [-0.15, -0.1) is 0 Å². The van der Waals surface area contributed by atoms with Crippen molar-refractivity contribution in [3.63, 3.8) is 0 Å². The number of furan rings is 1. The summed E-state index contributed by atoms with van der Waals surface area (Å²) in [6, 6.07) is 16.9. The van der Waals surface area contributed by atoms with Gasteiger partial charge in [0, 0.05) is 5.56 Å². The lowest BCUT2D eigenvalue weighted by Crippen LogP contribution is -1.96. The molecule has 0 fully saturated rings. The van der Waals surface area contributed by atoms with E-state index in [0.29, 0.717) is 17.1 Å². The van der Waals surface area contributed by atoms with Crippen LogP contribution in [-0.2, 0) is 0 Å². The number of aromatic hydroxyl groups is 1. The van der Waals surface area contributed by atoms with Crippen LogP contribution in [0.5, 0.6) is 5.75 Å². The zero-order chi connectivity index (χ0) is 17.8. The van der Waals surface area contributed by atoms with Crippen molar-refractivity contribution < 1.29 is 24.5 Å². The van der Waals surface area contributed by atoms with Gasteiger partial charge in [0.2, 0.25) is 0 Å². The fourth-order valence-electron chi connectivity index (χ4n) is 2.41. The molecule has 25 heavy (non-hydrogen) atoms. The maximum Gasteiger partial charge on any atom is 0.339 e. The second-order valence-corrected chi connectivity index (χ2v) is 5.45. The molecule has 1 aromatic heterocycles. The number of carboxylic acid groups (broad SMARTS) is 1. The summed E-state index contributed by atoms with van der Waals surface area (Å²) in [7, 11) is 0. The van der Waals surface area contributed by atoms with Crippen molar-refractivity contribution in [1.29, 1.82) is 0 Å². The van der Waals surface area contributed by atoms with Gasteiger partial charge in [-0.3, -0.25) is 0 Å². The Morgan fingerprint density at radius 1 is 1.04 bits per heavy atom. The first kappa shape index (κ1) is 16.5. The van der Waals surface area contributed by atoms with E-state index in [9.17, 15) is 15.0 Å². The molecule has 0 saturated heterocycles. The van der Waals surface area contributed by atoms with Gasteiger partial charge in [0.25, 0.3) is 0 Å². The summed E-state index contributed by atoms with van der Waals surface area (Å²) >= 11 is 0. The van der Waals surface area contributed by atoms with Crippen LogP contribution >= 0.6 is 0 Å². The maximum atomic E-state index is 11.1. The molecule has 0 aliphatic heterocycles. The van der Waals surface area contributed by atoms with E-state index in [1.807, 2.05) is 30.3 Å². The van der Waals surface area contributed by atoms with Crippen molar-refractivity contribution in [2.75, 3.05) is 0 Å². The summed E-state index contributed by atoms with van der Waals surface area (Å²) in [5, 5.41) is 28.7. The van der Waals surface area contributed by atoms with Crippen molar-refractivity contribution in [2.24, 2.45) is 0 Å². The smallest absolute Gasteiger partial charge is 0.339 e. The number of hydrogen-bond acceptors (Lipinski definition) is 4. The van der Waals surface area contributed by atoms with Crippen LogP contribution in [0.4, 0.5) is 0 Å². The van der Waals surface area contributed by atoms with Crippen LogP contribution in [0.2, 0.25) is 0 Å². The molecule has 2 aromatic carbocycles. The van der Waals surface area contributed by atoms with Gasteiger partial charge in [-0.25, -0.2) is 4.79 Å². The molecule has 3 aromatic rings. The van der Waals surface area contributed by atoms with Gasteiger partial charge in [-0.2, -0.15) is 0 Å². The minimum atomic E-state index is -1.21. The Balaban J connectivity index is 1.80. The van der Waals surface area contributed by atoms with Gasteiger partial charge in [0.05, 0.1) is 6.10 Å². The number of rotatable bonds is 5. The molecule has 3 N–H and O–H groups in total. The van der Waals surface area contributed by atoms with E-state index in [-0.39, 0.29) is 11.3 Å². The fraction of sp³-hybridized carbons (Fsp3) is 0.0500. The second-order valence-electron chi connectivity index (χ2n) is 5.45. The third-order valence-corrected chi connectivity index (χ3v) is 3.72. The van der Waals surface area contributed by atoms with Crippen LogP contribution in [0.1, 0.15) is 27.8 Å². The summed E-state index contributed by atoms with van der Waals surface area (Å²) in [4.78, 5) is 11.1. The quantitative estimate of drug-likeness (QED) is 0.652. The highest BCUT2D eigenvalue weighted by Crippen LogP contribution is 2.28. The predicted molar refractivity (Wildman–Crippen MR) is 93.2 cm³/mol. The Labute approximate surface area is 144 Å². The minimum absolute atomic E-state index is 0.189. The summed E-state index contributed by atoms with van der Waals surface area (Å²) in [6.45, 7) is 0. The van der Waals surface area contributed by atoms with Gasteiger partial charge in [0.1, 0.15) is 22.8 Å². The third-order valence-electron chi connectivity index (χ3n) is 3.72. The number of aliphatic hydroxyl groups excluding tert-OH is 1. The highest BCUT2D eigenvalue weighted by molar-refractivity contribution is 5.92. The average molecular weight is 336 g/mol. The van der Waals surface area contributed by atoms with Crippen molar-refractivity contribution in [2.45, 2.75) is 6.10 Å². The number of aliphatic hydroxyl groups is 1. The van der Waals surface area contributed by atoms with Crippen molar-refractivity contribution >= 4 is 12.0 Å². The monoisotopic (exact) mass is 336 g/mol. The van der Waals surface area contributed by atoms with Crippen LogP contribution in [0.3, 0.4) is 0 Å². The van der Waals surface area contributed by atoms with Crippen LogP contribution < -0.4 is 0 Å². The molecule has 0 amide bonds. The molecule has 3 rings (SSSR count). The van der Waals surface area contributed by atoms with Gasteiger partial charge in [0.15, 0.2) is 0 Å². The first-order valence-electron chi connectivity index (χ1n) is 7.62. The number of hydrogen-bond donors (Lipinski definition) is 3. The van der Waals surface area contributed by atoms with E-state index in [1.54, 1.807) is 30.4 Å². The van der Waals surface area contributed by atoms with Gasteiger partial charge < -0.3 is 19.7 Å². The normalized spacial score (nSPS) is 12.4. The van der Waals surface area contributed by atoms with Crippen molar-refractivity contribution in [1.82, 2.24) is 0 Å². The molecule has 0 spiro atoms. The highest BCUT2D eigenvalue weighted by Gasteiger charge is 2.12. The molecule has 5 nitrogen and oxygen atoms in total. The Bertz CT molecular complexity index is 909. The highest BCUT2D eigenvalue weighted by atomic mass is 16.4. The molecule has 0 bridgehead atoms. The molecule has 0 aliphatic carbocycles. The molecule has 0 aliphatic rings. The first-order valence-corrected chi connectivity index (χ1v) is 7.62. The fourth-order valence-corrected chi connectivity index (χ4v) is 2.41. The number of aromatic carboxylic acids is 1. The summed E-state index contributed by atoms with van der Waals surface area (Å²) in [5.41, 5.74) is 1.12. The number of carboxylic acids is 1. The first-order chi connectivity index (χ1) is 12.0. The van der Waals surface area contributed by atoms with E-state index in [2.05, 4.69) is 0 Å². The average Bonchev–Trinajstić information content (AvgIpc) is 3.09. The second kappa shape index (κ2) is 7.07. The van der Waals surface area contributed by atoms with E-state index < -0.39 is 12.1 Å². The van der Waals surface area contributed by atoms with Gasteiger partial charge in [-0.05, 0) is 48.0 Å². The number of carbonyl (C=O) groups is 1. The van der Waals surface area contributed by atoms with Gasteiger partial charge in [-0.1, -0.05) is 30.3 Å². The summed E-state index contributed by atoms with van der Waals surface area (Å²) in [5.74, 6) is -0.516. The lowest BCUT2D eigenvalue weighted by atomic mass is 10.1. The molecule has 0 radical (unpaired) electrons. The lowest BCUT2D eigenvalue weighted by Gasteiger charge is -2.04. The Morgan fingerprint density at radius 2 is 1.80 bits per heavy atom. The SMILES string of the molecule is O=C(O)c1cc(-c2ccc(/C=C/C(O)c3ccccc3)o2)ccc1O. The Hall–Kier alpha value is -3.31. The molecule has 1 unspecified atom stereocenters. The van der Waals surface area contributed by atoms with E-state index >= 15 is 0 Å². The molecule has 5 heteroatoms. The van der Waals surface area contributed by atoms with Gasteiger partial charge >= 0.3 is 5.97 Å². The Kier molecular flexibility index (Phi) is 4.68. The third kappa shape index (κ3) is 3.79. The van der Waals surface area contributed by atoms with E-state index in [1.165, 1.54) is 12.1 Å².